The molecule has 0 saturated carbocycles. The van der Waals surface area contributed by atoms with Gasteiger partial charge in [-0.3, -0.25) is 9.69 Å². The summed E-state index contributed by atoms with van der Waals surface area (Å²) in [5.41, 5.74) is 2.44. The molecule has 132 valence electrons. The smallest absolute Gasteiger partial charge is 0.241 e. The molecule has 0 aliphatic carbocycles. The maximum atomic E-state index is 12.9. The fourth-order valence-electron chi connectivity index (χ4n) is 4.61. The first-order chi connectivity index (χ1) is 11.2. The Kier molecular flexibility index (Phi) is 5.48. The summed E-state index contributed by atoms with van der Waals surface area (Å²) in [6, 6.07) is 10.3. The summed E-state index contributed by atoms with van der Waals surface area (Å²) in [4.78, 5) is 17.2. The summed E-state index contributed by atoms with van der Waals surface area (Å²) in [6.07, 6.45) is 7.16. The van der Waals surface area contributed by atoms with Crippen LogP contribution < -0.4 is 10.2 Å². The van der Waals surface area contributed by atoms with Crippen molar-refractivity contribution in [2.24, 2.45) is 0 Å². The highest BCUT2D eigenvalue weighted by molar-refractivity contribution is 5.95. The molecule has 2 atom stereocenters. The van der Waals surface area contributed by atoms with Gasteiger partial charge in [-0.05, 0) is 57.2 Å². The summed E-state index contributed by atoms with van der Waals surface area (Å²) >= 11 is 0. The summed E-state index contributed by atoms with van der Waals surface area (Å²) in [5, 5.41) is 3.68. The van der Waals surface area contributed by atoms with E-state index in [4.69, 9.17) is 0 Å². The number of rotatable bonds is 3. The van der Waals surface area contributed by atoms with Gasteiger partial charge in [-0.15, -0.1) is 12.4 Å². The number of piperidine rings is 1. The van der Waals surface area contributed by atoms with Gasteiger partial charge in [0.2, 0.25) is 5.91 Å². The Bertz CT molecular complexity index is 582. The van der Waals surface area contributed by atoms with Crippen molar-refractivity contribution in [1.29, 1.82) is 0 Å². The molecule has 0 radical (unpaired) electrons. The zero-order valence-corrected chi connectivity index (χ0v) is 15.2. The van der Waals surface area contributed by atoms with Crippen LogP contribution in [-0.2, 0) is 11.2 Å². The fourth-order valence-corrected chi connectivity index (χ4v) is 4.61. The van der Waals surface area contributed by atoms with E-state index in [-0.39, 0.29) is 18.3 Å². The van der Waals surface area contributed by atoms with Crippen LogP contribution in [0.2, 0.25) is 0 Å². The maximum absolute atomic E-state index is 12.9. The van der Waals surface area contributed by atoms with Gasteiger partial charge in [-0.1, -0.05) is 18.2 Å². The van der Waals surface area contributed by atoms with Crippen LogP contribution in [0.25, 0.3) is 0 Å². The Balaban J connectivity index is 0.00000169. The van der Waals surface area contributed by atoms with Crippen LogP contribution in [0.15, 0.2) is 24.3 Å². The molecule has 3 aliphatic rings. The molecule has 0 spiro atoms. The number of nitrogens with one attached hydrogen (secondary N) is 1. The standard InChI is InChI=1S/C19H27N3O.ClH/c1-21(17-11-15-8-9-16(12-17)20-15)13-19(23)22-10-4-6-14-5-2-3-7-18(14)22;/h2-3,5,7,15-17,20H,4,6,8-13H2,1H3;1H. The maximum Gasteiger partial charge on any atom is 0.241 e. The molecule has 2 unspecified atom stereocenters. The van der Waals surface area contributed by atoms with Gasteiger partial charge in [0.25, 0.3) is 0 Å². The van der Waals surface area contributed by atoms with E-state index >= 15 is 0 Å². The van der Waals surface area contributed by atoms with Crippen molar-refractivity contribution in [3.05, 3.63) is 29.8 Å². The first-order valence-corrected chi connectivity index (χ1v) is 9.05. The number of carbonyl (C=O) groups is 1. The average molecular weight is 350 g/mol. The number of hydrogen-bond acceptors (Lipinski definition) is 3. The first kappa shape index (κ1) is 17.7. The molecule has 0 aromatic heterocycles. The van der Waals surface area contributed by atoms with Crippen molar-refractivity contribution in [3.63, 3.8) is 0 Å². The number of para-hydroxylation sites is 1. The van der Waals surface area contributed by atoms with E-state index in [0.717, 1.165) is 25.1 Å². The van der Waals surface area contributed by atoms with Gasteiger partial charge in [0.15, 0.2) is 0 Å². The lowest BCUT2D eigenvalue weighted by Gasteiger charge is -2.37. The topological polar surface area (TPSA) is 35.6 Å². The summed E-state index contributed by atoms with van der Waals surface area (Å²) in [6.45, 7) is 1.40. The zero-order valence-electron chi connectivity index (χ0n) is 14.4. The number of halogens is 1. The van der Waals surface area contributed by atoms with Gasteiger partial charge >= 0.3 is 0 Å². The molecule has 4 nitrogen and oxygen atoms in total. The lowest BCUT2D eigenvalue weighted by Crippen LogP contribution is -2.50. The van der Waals surface area contributed by atoms with E-state index in [9.17, 15) is 4.79 Å². The molecule has 1 aromatic carbocycles. The van der Waals surface area contributed by atoms with Crippen LogP contribution in [-0.4, -0.2) is 49.1 Å². The second kappa shape index (κ2) is 7.42. The molecule has 2 fully saturated rings. The van der Waals surface area contributed by atoms with E-state index in [2.05, 4.69) is 35.5 Å². The third kappa shape index (κ3) is 3.46. The number of amides is 1. The number of hydrogen-bond donors (Lipinski definition) is 1. The monoisotopic (exact) mass is 349 g/mol. The number of nitrogens with zero attached hydrogens (tertiary/aromatic N) is 2. The quantitative estimate of drug-likeness (QED) is 0.911. The molecule has 2 bridgehead atoms. The summed E-state index contributed by atoms with van der Waals surface area (Å²) < 4.78 is 0. The number of likely N-dealkylation sites (N-methyl/N-ethyl adjacent to an activating group) is 1. The minimum atomic E-state index is 0. The molecule has 5 heteroatoms. The summed E-state index contributed by atoms with van der Waals surface area (Å²) in [5.74, 6) is 0.255. The minimum Gasteiger partial charge on any atom is -0.311 e. The Morgan fingerprint density at radius 3 is 2.71 bits per heavy atom. The largest absolute Gasteiger partial charge is 0.311 e. The van der Waals surface area contributed by atoms with Gasteiger partial charge in [0.05, 0.1) is 6.54 Å². The second-order valence-corrected chi connectivity index (χ2v) is 7.46. The van der Waals surface area contributed by atoms with Crippen molar-refractivity contribution in [2.75, 3.05) is 25.0 Å². The normalized spacial score (nSPS) is 28.4. The first-order valence-electron chi connectivity index (χ1n) is 9.05. The van der Waals surface area contributed by atoms with Gasteiger partial charge in [-0.25, -0.2) is 0 Å². The van der Waals surface area contributed by atoms with Crippen LogP contribution in [0.3, 0.4) is 0 Å². The van der Waals surface area contributed by atoms with Gasteiger partial charge in [0, 0.05) is 30.4 Å². The van der Waals surface area contributed by atoms with Crippen LogP contribution in [0.1, 0.15) is 37.7 Å². The second-order valence-electron chi connectivity index (χ2n) is 7.46. The van der Waals surface area contributed by atoms with E-state index in [0.29, 0.717) is 24.7 Å². The zero-order chi connectivity index (χ0) is 15.8. The summed E-state index contributed by atoms with van der Waals surface area (Å²) in [7, 11) is 2.13. The molecule has 3 aliphatic heterocycles. The molecule has 24 heavy (non-hydrogen) atoms. The molecule has 2 saturated heterocycles. The molecular weight excluding hydrogens is 322 g/mol. The third-order valence-electron chi connectivity index (χ3n) is 5.87. The van der Waals surface area contributed by atoms with Gasteiger partial charge in [-0.2, -0.15) is 0 Å². The van der Waals surface area contributed by atoms with E-state index in [1.165, 1.54) is 31.2 Å². The predicted octanol–water partition coefficient (Wildman–Crippen LogP) is 2.60. The molecule has 4 rings (SSSR count). The SMILES string of the molecule is CN(CC(=O)N1CCCc2ccccc21)C1CC2CCC(C1)N2.Cl. The Labute approximate surface area is 151 Å². The minimum absolute atomic E-state index is 0. The molecule has 1 N–H and O–H groups in total. The van der Waals surface area contributed by atoms with E-state index in [1.807, 2.05) is 11.0 Å². The van der Waals surface area contributed by atoms with E-state index < -0.39 is 0 Å². The predicted molar refractivity (Wildman–Crippen MR) is 100.0 cm³/mol. The Hall–Kier alpha value is -1.10. The van der Waals surface area contributed by atoms with Crippen LogP contribution in [0.5, 0.6) is 0 Å². The lowest BCUT2D eigenvalue weighted by atomic mass is 9.98. The number of benzene rings is 1. The molecule has 1 aromatic rings. The van der Waals surface area contributed by atoms with Gasteiger partial charge < -0.3 is 10.2 Å². The molecular formula is C19H28ClN3O. The van der Waals surface area contributed by atoms with E-state index in [1.54, 1.807) is 0 Å². The third-order valence-corrected chi connectivity index (χ3v) is 5.87. The van der Waals surface area contributed by atoms with Crippen LogP contribution in [0.4, 0.5) is 5.69 Å². The average Bonchev–Trinajstić information content (AvgIpc) is 2.92. The van der Waals surface area contributed by atoms with Crippen molar-refractivity contribution in [2.45, 2.75) is 56.7 Å². The lowest BCUT2D eigenvalue weighted by molar-refractivity contribution is -0.120. The highest BCUT2D eigenvalue weighted by Crippen LogP contribution is 2.30. The van der Waals surface area contributed by atoms with Crippen LogP contribution in [0, 0.1) is 0 Å². The number of fused-ring (bicyclic) bond motifs is 3. The number of carbonyl (C=O) groups excluding carboxylic acids is 1. The Morgan fingerprint density at radius 1 is 1.25 bits per heavy atom. The van der Waals surface area contributed by atoms with Crippen molar-refractivity contribution >= 4 is 24.0 Å². The fraction of sp³-hybridized carbons (Fsp3) is 0.632. The van der Waals surface area contributed by atoms with Gasteiger partial charge in [0.1, 0.15) is 0 Å². The highest BCUT2D eigenvalue weighted by atomic mass is 35.5. The van der Waals surface area contributed by atoms with Crippen molar-refractivity contribution in [3.8, 4) is 0 Å². The van der Waals surface area contributed by atoms with Crippen molar-refractivity contribution < 1.29 is 4.79 Å². The van der Waals surface area contributed by atoms with Crippen molar-refractivity contribution in [1.82, 2.24) is 10.2 Å². The van der Waals surface area contributed by atoms with Crippen LogP contribution >= 0.6 is 12.4 Å². The Morgan fingerprint density at radius 2 is 1.96 bits per heavy atom. The highest BCUT2D eigenvalue weighted by Gasteiger charge is 2.36. The number of aryl methyl sites for hydroxylation is 1. The molecule has 3 heterocycles. The number of anilines is 1. The molecule has 1 amide bonds.